The first-order valence-corrected chi connectivity index (χ1v) is 7.37. The van der Waals surface area contributed by atoms with Crippen molar-refractivity contribution in [1.29, 1.82) is 0 Å². The van der Waals surface area contributed by atoms with E-state index in [4.69, 9.17) is 5.11 Å². The molecule has 1 amide bonds. The van der Waals surface area contributed by atoms with Gasteiger partial charge >= 0.3 is 5.97 Å². The molecule has 4 nitrogen and oxygen atoms in total. The molecule has 0 radical (unpaired) electrons. The minimum absolute atomic E-state index is 0.0475. The Morgan fingerprint density at radius 1 is 1.53 bits per heavy atom. The number of carboxylic acids is 1. The molecule has 1 aliphatic rings. The lowest BCUT2D eigenvalue weighted by atomic mass is 9.86. The van der Waals surface area contributed by atoms with Crippen LogP contribution in [0.5, 0.6) is 0 Å². The second-order valence-corrected chi connectivity index (χ2v) is 6.65. The predicted molar refractivity (Wildman–Crippen MR) is 74.4 cm³/mol. The van der Waals surface area contributed by atoms with Crippen LogP contribution in [0.2, 0.25) is 0 Å². The third kappa shape index (κ3) is 2.97. The van der Waals surface area contributed by atoms with Crippen molar-refractivity contribution in [3.05, 3.63) is 21.9 Å². The van der Waals surface area contributed by atoms with Crippen molar-refractivity contribution in [3.63, 3.8) is 0 Å². The number of aliphatic carboxylic acids is 1. The average molecular weight is 281 g/mol. The molecular formula is C14H19NO3S. The van der Waals surface area contributed by atoms with E-state index in [0.717, 1.165) is 24.8 Å². The summed E-state index contributed by atoms with van der Waals surface area (Å²) < 4.78 is 0. The highest BCUT2D eigenvalue weighted by Gasteiger charge is 2.31. The SMILES string of the molecule is CC(C)(CNC(=O)C1CCCc2sccc21)C(=O)O. The van der Waals surface area contributed by atoms with Crippen LogP contribution in [0.4, 0.5) is 0 Å². The topological polar surface area (TPSA) is 66.4 Å². The number of amides is 1. The molecule has 0 saturated carbocycles. The molecule has 0 aliphatic heterocycles. The van der Waals surface area contributed by atoms with Crippen LogP contribution in [-0.4, -0.2) is 23.5 Å². The number of rotatable bonds is 4. The molecule has 5 heteroatoms. The maximum absolute atomic E-state index is 12.2. The number of nitrogens with one attached hydrogen (secondary N) is 1. The largest absolute Gasteiger partial charge is 0.481 e. The summed E-state index contributed by atoms with van der Waals surface area (Å²) in [6, 6.07) is 2.02. The zero-order valence-electron chi connectivity index (χ0n) is 11.2. The quantitative estimate of drug-likeness (QED) is 0.890. The molecule has 1 aliphatic carbocycles. The Labute approximate surface area is 116 Å². The second-order valence-electron chi connectivity index (χ2n) is 5.65. The van der Waals surface area contributed by atoms with Crippen LogP contribution < -0.4 is 5.32 Å². The molecule has 19 heavy (non-hydrogen) atoms. The fourth-order valence-electron chi connectivity index (χ4n) is 2.27. The van der Waals surface area contributed by atoms with Gasteiger partial charge in [-0.1, -0.05) is 0 Å². The molecule has 2 rings (SSSR count). The molecular weight excluding hydrogens is 262 g/mol. The number of thiophene rings is 1. The van der Waals surface area contributed by atoms with Gasteiger partial charge in [-0.2, -0.15) is 0 Å². The van der Waals surface area contributed by atoms with E-state index in [1.165, 1.54) is 4.88 Å². The first kappa shape index (κ1) is 14.1. The van der Waals surface area contributed by atoms with Crippen molar-refractivity contribution < 1.29 is 14.7 Å². The van der Waals surface area contributed by atoms with E-state index in [9.17, 15) is 9.59 Å². The van der Waals surface area contributed by atoms with Crippen LogP contribution in [0.1, 0.15) is 43.0 Å². The van der Waals surface area contributed by atoms with E-state index in [1.54, 1.807) is 25.2 Å². The molecule has 1 heterocycles. The molecule has 0 aromatic carbocycles. The maximum Gasteiger partial charge on any atom is 0.310 e. The van der Waals surface area contributed by atoms with E-state index in [2.05, 4.69) is 5.32 Å². The van der Waals surface area contributed by atoms with Crippen LogP contribution >= 0.6 is 11.3 Å². The molecule has 0 saturated heterocycles. The fraction of sp³-hybridized carbons (Fsp3) is 0.571. The van der Waals surface area contributed by atoms with Gasteiger partial charge in [0.15, 0.2) is 0 Å². The van der Waals surface area contributed by atoms with Gasteiger partial charge in [-0.05, 0) is 50.1 Å². The lowest BCUT2D eigenvalue weighted by Gasteiger charge is -2.25. The van der Waals surface area contributed by atoms with Crippen LogP contribution in [0.25, 0.3) is 0 Å². The van der Waals surface area contributed by atoms with Crippen molar-refractivity contribution in [3.8, 4) is 0 Å². The second kappa shape index (κ2) is 5.33. The number of aryl methyl sites for hydroxylation is 1. The average Bonchev–Trinajstić information content (AvgIpc) is 2.83. The van der Waals surface area contributed by atoms with Gasteiger partial charge in [0.25, 0.3) is 0 Å². The molecule has 1 atom stereocenters. The monoisotopic (exact) mass is 281 g/mol. The van der Waals surface area contributed by atoms with E-state index >= 15 is 0 Å². The van der Waals surface area contributed by atoms with Crippen LogP contribution in [0, 0.1) is 5.41 Å². The van der Waals surface area contributed by atoms with Gasteiger partial charge in [0.2, 0.25) is 5.91 Å². The normalized spacial score (nSPS) is 18.7. The summed E-state index contributed by atoms with van der Waals surface area (Å²) in [5.41, 5.74) is 0.198. The zero-order chi connectivity index (χ0) is 14.0. The van der Waals surface area contributed by atoms with Gasteiger partial charge in [-0.25, -0.2) is 0 Å². The van der Waals surface area contributed by atoms with Crippen molar-refractivity contribution in [1.82, 2.24) is 5.32 Å². The standard InChI is InChI=1S/C14H19NO3S/c1-14(2,13(17)18)8-15-12(16)10-4-3-5-11-9(10)6-7-19-11/h6-7,10H,3-5,8H2,1-2H3,(H,15,16)(H,17,18). The van der Waals surface area contributed by atoms with Gasteiger partial charge < -0.3 is 10.4 Å². The number of hydrogen-bond acceptors (Lipinski definition) is 3. The molecule has 2 N–H and O–H groups in total. The molecule has 1 aromatic heterocycles. The van der Waals surface area contributed by atoms with Gasteiger partial charge in [-0.3, -0.25) is 9.59 Å². The highest BCUT2D eigenvalue weighted by atomic mass is 32.1. The summed E-state index contributed by atoms with van der Waals surface area (Å²) in [7, 11) is 0. The van der Waals surface area contributed by atoms with Crippen LogP contribution in [-0.2, 0) is 16.0 Å². The predicted octanol–water partition coefficient (Wildman–Crippen LogP) is 2.40. The van der Waals surface area contributed by atoms with Gasteiger partial charge in [-0.15, -0.1) is 11.3 Å². The van der Waals surface area contributed by atoms with Crippen molar-refractivity contribution in [2.75, 3.05) is 6.54 Å². The van der Waals surface area contributed by atoms with Crippen LogP contribution in [0.15, 0.2) is 11.4 Å². The highest BCUT2D eigenvalue weighted by Crippen LogP contribution is 2.35. The fourth-order valence-corrected chi connectivity index (χ4v) is 3.25. The van der Waals surface area contributed by atoms with Gasteiger partial charge in [0.1, 0.15) is 0 Å². The number of fused-ring (bicyclic) bond motifs is 1. The molecule has 104 valence electrons. The Hall–Kier alpha value is -1.36. The lowest BCUT2D eigenvalue weighted by molar-refractivity contribution is -0.146. The number of carbonyl (C=O) groups is 2. The molecule has 0 bridgehead atoms. The number of carbonyl (C=O) groups excluding carboxylic acids is 1. The third-order valence-corrected chi connectivity index (χ3v) is 4.65. The third-order valence-electron chi connectivity index (χ3n) is 3.65. The first-order valence-electron chi connectivity index (χ1n) is 6.49. The minimum atomic E-state index is -0.929. The Morgan fingerprint density at radius 2 is 2.26 bits per heavy atom. The summed E-state index contributed by atoms with van der Waals surface area (Å²) in [4.78, 5) is 24.5. The van der Waals surface area contributed by atoms with E-state index < -0.39 is 11.4 Å². The highest BCUT2D eigenvalue weighted by molar-refractivity contribution is 7.10. The molecule has 0 fully saturated rings. The smallest absolute Gasteiger partial charge is 0.310 e. The molecule has 0 spiro atoms. The van der Waals surface area contributed by atoms with Crippen molar-refractivity contribution in [2.45, 2.75) is 39.0 Å². The number of hydrogen-bond donors (Lipinski definition) is 2. The Morgan fingerprint density at radius 3 is 2.95 bits per heavy atom. The summed E-state index contributed by atoms with van der Waals surface area (Å²) in [6.07, 6.45) is 2.92. The molecule has 1 unspecified atom stereocenters. The lowest BCUT2D eigenvalue weighted by Crippen LogP contribution is -2.41. The summed E-state index contributed by atoms with van der Waals surface area (Å²) >= 11 is 1.70. The van der Waals surface area contributed by atoms with Crippen LogP contribution in [0.3, 0.4) is 0 Å². The summed E-state index contributed by atoms with van der Waals surface area (Å²) in [5.74, 6) is -1.05. The van der Waals surface area contributed by atoms with E-state index in [-0.39, 0.29) is 18.4 Å². The Bertz CT molecular complexity index is 493. The van der Waals surface area contributed by atoms with E-state index in [1.807, 2.05) is 11.4 Å². The Balaban J connectivity index is 2.01. The first-order chi connectivity index (χ1) is 8.92. The summed E-state index contributed by atoms with van der Waals surface area (Å²) in [6.45, 7) is 3.40. The molecule has 1 aromatic rings. The zero-order valence-corrected chi connectivity index (χ0v) is 12.0. The Kier molecular flexibility index (Phi) is 3.94. The van der Waals surface area contributed by atoms with E-state index in [0.29, 0.717) is 0 Å². The van der Waals surface area contributed by atoms with Gasteiger partial charge in [0.05, 0.1) is 11.3 Å². The maximum atomic E-state index is 12.2. The van der Waals surface area contributed by atoms with Crippen molar-refractivity contribution >= 4 is 23.2 Å². The van der Waals surface area contributed by atoms with Gasteiger partial charge in [0, 0.05) is 11.4 Å². The summed E-state index contributed by atoms with van der Waals surface area (Å²) in [5, 5.41) is 13.9. The van der Waals surface area contributed by atoms with Crippen molar-refractivity contribution in [2.24, 2.45) is 5.41 Å². The number of carboxylic acid groups (broad SMARTS) is 1. The minimum Gasteiger partial charge on any atom is -0.481 e.